The minimum absolute atomic E-state index is 0.0613. The van der Waals surface area contributed by atoms with Gasteiger partial charge in [0.25, 0.3) is 11.8 Å². The number of amides is 1. The molecule has 9 nitrogen and oxygen atoms in total. The van der Waals surface area contributed by atoms with Crippen molar-refractivity contribution in [1.82, 2.24) is 4.98 Å². The van der Waals surface area contributed by atoms with Crippen molar-refractivity contribution in [2.24, 2.45) is 0 Å². The van der Waals surface area contributed by atoms with Crippen LogP contribution >= 0.6 is 0 Å². The predicted octanol–water partition coefficient (Wildman–Crippen LogP) is 4.69. The fourth-order valence-electron chi connectivity index (χ4n) is 5.06. The Kier molecular flexibility index (Phi) is 9.17. The van der Waals surface area contributed by atoms with E-state index in [1.165, 1.54) is 41.2 Å². The van der Waals surface area contributed by atoms with E-state index in [1.807, 2.05) is 4.90 Å². The first kappa shape index (κ1) is 30.6. The number of aromatic nitrogens is 1. The fraction of sp³-hybridized carbons (Fsp3) is 0.500. The topological polar surface area (TPSA) is 115 Å². The molecule has 0 bridgehead atoms. The molecule has 0 aliphatic carbocycles. The maximum absolute atomic E-state index is 15.0. The number of sulfonamides is 1. The summed E-state index contributed by atoms with van der Waals surface area (Å²) in [5, 5.41) is 11.8. The minimum atomic E-state index is -3.79. The quantitative estimate of drug-likeness (QED) is 0.380. The maximum Gasteiger partial charge on any atom is 0.258 e. The Morgan fingerprint density at radius 3 is 2.34 bits per heavy atom. The number of aliphatic hydroxyl groups excluding tert-OH is 1. The molecule has 13 heteroatoms. The lowest BCUT2D eigenvalue weighted by Crippen LogP contribution is -2.40. The van der Waals surface area contributed by atoms with E-state index in [1.54, 1.807) is 6.07 Å². The number of alkyl halides is 2. The molecule has 0 spiro atoms. The van der Waals surface area contributed by atoms with Gasteiger partial charge in [-0.1, -0.05) is 11.1 Å². The maximum atomic E-state index is 15.0. The normalized spacial score (nSPS) is 17.4. The van der Waals surface area contributed by atoms with Gasteiger partial charge in [0.2, 0.25) is 10.0 Å². The Hall–Kier alpha value is -3.32. The van der Waals surface area contributed by atoms with E-state index in [0.717, 1.165) is 12.8 Å². The lowest BCUT2D eigenvalue weighted by atomic mass is 9.98. The standard InChI is InChI=1S/C28H36F3N5O4S/c1-18(2)20-6-10-35(11-7-20)23-17-21(34-41(39,40)15-14-37)4-5-22(23)27(38)33-24-16-19(3)25(29)26(32-24)36-12-8-28(30,31)9-13-36/h4-5,16-17,34,37H,6-15H2,1-3H3,(H,32,33,38). The first-order chi connectivity index (χ1) is 19.3. The van der Waals surface area contributed by atoms with Crippen molar-refractivity contribution in [1.29, 1.82) is 0 Å². The molecule has 1 aromatic heterocycles. The summed E-state index contributed by atoms with van der Waals surface area (Å²) in [6.45, 7) is 6.21. The zero-order valence-electron chi connectivity index (χ0n) is 23.4. The van der Waals surface area contributed by atoms with Gasteiger partial charge in [-0.25, -0.2) is 26.6 Å². The highest BCUT2D eigenvalue weighted by molar-refractivity contribution is 7.92. The highest BCUT2D eigenvalue weighted by atomic mass is 32.2. The molecule has 224 valence electrons. The number of rotatable bonds is 8. The second kappa shape index (κ2) is 12.3. The molecule has 2 aliphatic rings. The summed E-state index contributed by atoms with van der Waals surface area (Å²) in [5.74, 6) is -4.45. The summed E-state index contributed by atoms with van der Waals surface area (Å²) in [6.07, 6.45) is 0.763. The largest absolute Gasteiger partial charge is 0.395 e. The Labute approximate surface area is 238 Å². The number of allylic oxidation sites excluding steroid dienone is 1. The van der Waals surface area contributed by atoms with Gasteiger partial charge in [-0.05, 0) is 63.4 Å². The zero-order chi connectivity index (χ0) is 29.9. The van der Waals surface area contributed by atoms with Gasteiger partial charge >= 0.3 is 0 Å². The van der Waals surface area contributed by atoms with Crippen molar-refractivity contribution in [3.63, 3.8) is 0 Å². The van der Waals surface area contributed by atoms with E-state index in [4.69, 9.17) is 5.11 Å². The summed E-state index contributed by atoms with van der Waals surface area (Å²) in [5.41, 5.74) is 3.82. The van der Waals surface area contributed by atoms with Gasteiger partial charge in [0, 0.05) is 39.0 Å². The van der Waals surface area contributed by atoms with Crippen LogP contribution < -0.4 is 19.8 Å². The molecule has 41 heavy (non-hydrogen) atoms. The molecule has 2 saturated heterocycles. The van der Waals surface area contributed by atoms with Crippen molar-refractivity contribution in [3.8, 4) is 0 Å². The predicted molar refractivity (Wildman–Crippen MR) is 154 cm³/mol. The van der Waals surface area contributed by atoms with E-state index in [9.17, 15) is 26.4 Å². The molecule has 2 fully saturated rings. The molecule has 4 rings (SSSR count). The molecule has 0 unspecified atom stereocenters. The number of halogens is 3. The summed E-state index contributed by atoms with van der Waals surface area (Å²) < 4.78 is 69.3. The van der Waals surface area contributed by atoms with Gasteiger partial charge in [0.05, 0.1) is 29.3 Å². The molecule has 3 N–H and O–H groups in total. The number of anilines is 4. The third-order valence-electron chi connectivity index (χ3n) is 7.45. The molecule has 0 radical (unpaired) electrons. The van der Waals surface area contributed by atoms with Crippen LogP contribution in [0.15, 0.2) is 35.4 Å². The number of aryl methyl sites for hydroxylation is 1. The van der Waals surface area contributed by atoms with Crippen molar-refractivity contribution >= 4 is 38.9 Å². The highest BCUT2D eigenvalue weighted by Gasteiger charge is 2.35. The van der Waals surface area contributed by atoms with E-state index >= 15 is 0 Å². The number of nitrogens with zero attached hydrogens (tertiary/aromatic N) is 3. The second-order valence-corrected chi connectivity index (χ2v) is 12.6. The Morgan fingerprint density at radius 1 is 1.07 bits per heavy atom. The average Bonchev–Trinajstić information content (AvgIpc) is 2.90. The summed E-state index contributed by atoms with van der Waals surface area (Å²) in [4.78, 5) is 21.3. The van der Waals surface area contributed by atoms with Crippen LogP contribution in [0, 0.1) is 12.7 Å². The van der Waals surface area contributed by atoms with Gasteiger partial charge in [-0.15, -0.1) is 0 Å². The monoisotopic (exact) mass is 595 g/mol. The molecule has 1 aromatic carbocycles. The van der Waals surface area contributed by atoms with Crippen LogP contribution in [0.3, 0.4) is 0 Å². The summed E-state index contributed by atoms with van der Waals surface area (Å²) in [6, 6.07) is 5.93. The van der Waals surface area contributed by atoms with Gasteiger partial charge < -0.3 is 20.2 Å². The Morgan fingerprint density at radius 2 is 1.73 bits per heavy atom. The van der Waals surface area contributed by atoms with Crippen LogP contribution in [0.5, 0.6) is 0 Å². The number of nitrogens with one attached hydrogen (secondary N) is 2. The second-order valence-electron chi connectivity index (χ2n) is 10.7. The molecule has 2 aromatic rings. The van der Waals surface area contributed by atoms with Crippen molar-refractivity contribution in [2.75, 3.05) is 58.4 Å². The van der Waals surface area contributed by atoms with Crippen LogP contribution in [0.25, 0.3) is 0 Å². The summed E-state index contributed by atoms with van der Waals surface area (Å²) >= 11 is 0. The number of carbonyl (C=O) groups is 1. The highest BCUT2D eigenvalue weighted by Crippen LogP contribution is 2.34. The van der Waals surface area contributed by atoms with Crippen LogP contribution in [0.2, 0.25) is 0 Å². The van der Waals surface area contributed by atoms with Crippen molar-refractivity contribution in [3.05, 3.63) is 52.4 Å². The number of carbonyl (C=O) groups excluding carboxylic acids is 1. The minimum Gasteiger partial charge on any atom is -0.395 e. The first-order valence-corrected chi connectivity index (χ1v) is 15.2. The van der Waals surface area contributed by atoms with Gasteiger partial charge in [0.1, 0.15) is 5.82 Å². The Balaban J connectivity index is 1.63. The third-order valence-corrected chi connectivity index (χ3v) is 8.72. The Bertz CT molecular complexity index is 1420. The van der Waals surface area contributed by atoms with Gasteiger partial charge in [-0.2, -0.15) is 0 Å². The van der Waals surface area contributed by atoms with Crippen molar-refractivity contribution in [2.45, 2.75) is 52.4 Å². The van der Waals surface area contributed by atoms with Gasteiger partial charge in [-0.3, -0.25) is 9.52 Å². The van der Waals surface area contributed by atoms with Gasteiger partial charge in [0.15, 0.2) is 11.6 Å². The van der Waals surface area contributed by atoms with Crippen LogP contribution in [-0.4, -0.2) is 68.9 Å². The zero-order valence-corrected chi connectivity index (χ0v) is 24.3. The lowest BCUT2D eigenvalue weighted by molar-refractivity contribution is -0.0222. The van der Waals surface area contributed by atoms with Crippen molar-refractivity contribution < 1.29 is 31.5 Å². The smallest absolute Gasteiger partial charge is 0.258 e. The molecule has 2 aliphatic heterocycles. The van der Waals surface area contributed by atoms with E-state index in [-0.39, 0.29) is 41.5 Å². The number of hydrogen-bond donors (Lipinski definition) is 3. The molecule has 0 saturated carbocycles. The number of pyridine rings is 1. The number of piperidine rings is 2. The fourth-order valence-corrected chi connectivity index (χ4v) is 5.89. The molecule has 0 atom stereocenters. The van der Waals surface area contributed by atoms with E-state index in [2.05, 4.69) is 28.9 Å². The lowest BCUT2D eigenvalue weighted by Gasteiger charge is -2.33. The number of hydrogen-bond acceptors (Lipinski definition) is 7. The molecular weight excluding hydrogens is 559 g/mol. The number of aliphatic hydroxyl groups is 1. The first-order valence-electron chi connectivity index (χ1n) is 13.6. The van der Waals surface area contributed by atoms with Crippen LogP contribution in [-0.2, 0) is 10.0 Å². The molecule has 3 heterocycles. The molecular formula is C28H36F3N5O4S. The molecule has 1 amide bonds. The summed E-state index contributed by atoms with van der Waals surface area (Å²) in [7, 11) is -3.79. The average molecular weight is 596 g/mol. The number of benzene rings is 1. The van der Waals surface area contributed by atoms with Crippen LogP contribution in [0.4, 0.5) is 36.2 Å². The van der Waals surface area contributed by atoms with Crippen LogP contribution in [0.1, 0.15) is 55.5 Å². The SMILES string of the molecule is CC(C)=C1CCN(c2cc(NS(=O)(=O)CCO)ccc2C(=O)Nc2cc(C)c(F)c(N3CCC(F)(F)CC3)n2)CC1. The van der Waals surface area contributed by atoms with E-state index in [0.29, 0.717) is 18.8 Å². The third kappa shape index (κ3) is 7.50. The van der Waals surface area contributed by atoms with E-state index < -0.39 is 52.9 Å².